The molecule has 0 spiro atoms. The van der Waals surface area contributed by atoms with Gasteiger partial charge in [-0.2, -0.15) is 0 Å². The molecule has 0 amide bonds. The highest BCUT2D eigenvalue weighted by atomic mass is 16.5. The Bertz CT molecular complexity index is 861. The van der Waals surface area contributed by atoms with Gasteiger partial charge in [-0.25, -0.2) is 0 Å². The van der Waals surface area contributed by atoms with E-state index in [-0.39, 0.29) is 0 Å². The first-order valence-electron chi connectivity index (χ1n) is 8.05. The van der Waals surface area contributed by atoms with Crippen LogP contribution in [0.2, 0.25) is 0 Å². The number of nitrogens with zero attached hydrogens (tertiary/aromatic N) is 1. The van der Waals surface area contributed by atoms with Crippen LogP contribution in [0.25, 0.3) is 11.1 Å². The summed E-state index contributed by atoms with van der Waals surface area (Å²) < 4.78 is 16.5. The SMILES string of the molecule is COc1ccc(-c2cncc(COc3cccc(C)c3)c2)cc1OC. The molecule has 1 heterocycles. The van der Waals surface area contributed by atoms with Crippen molar-refractivity contribution in [2.75, 3.05) is 14.2 Å². The summed E-state index contributed by atoms with van der Waals surface area (Å²) in [7, 11) is 3.26. The average molecular weight is 335 g/mol. The Morgan fingerprint density at radius 1 is 0.840 bits per heavy atom. The fourth-order valence-corrected chi connectivity index (χ4v) is 2.61. The number of benzene rings is 2. The summed E-state index contributed by atoms with van der Waals surface area (Å²) >= 11 is 0. The summed E-state index contributed by atoms with van der Waals surface area (Å²) in [6, 6.07) is 15.9. The van der Waals surface area contributed by atoms with Crippen LogP contribution < -0.4 is 14.2 Å². The zero-order valence-corrected chi connectivity index (χ0v) is 14.7. The smallest absolute Gasteiger partial charge is 0.161 e. The average Bonchev–Trinajstić information content (AvgIpc) is 2.66. The first kappa shape index (κ1) is 16.8. The number of methoxy groups -OCH3 is 2. The molecule has 0 saturated heterocycles. The maximum absolute atomic E-state index is 5.86. The fourth-order valence-electron chi connectivity index (χ4n) is 2.61. The maximum atomic E-state index is 5.86. The normalized spacial score (nSPS) is 10.4. The van der Waals surface area contributed by atoms with Crippen molar-refractivity contribution in [3.05, 3.63) is 72.1 Å². The van der Waals surface area contributed by atoms with E-state index in [1.54, 1.807) is 14.2 Å². The molecule has 0 aliphatic rings. The second-order valence-corrected chi connectivity index (χ2v) is 5.76. The van der Waals surface area contributed by atoms with Gasteiger partial charge in [0.15, 0.2) is 11.5 Å². The van der Waals surface area contributed by atoms with Gasteiger partial charge >= 0.3 is 0 Å². The molecule has 2 aromatic carbocycles. The van der Waals surface area contributed by atoms with Crippen LogP contribution in [0, 0.1) is 6.92 Å². The van der Waals surface area contributed by atoms with E-state index in [9.17, 15) is 0 Å². The molecule has 3 aromatic rings. The Balaban J connectivity index is 1.79. The van der Waals surface area contributed by atoms with Crippen molar-refractivity contribution in [2.24, 2.45) is 0 Å². The summed E-state index contributed by atoms with van der Waals surface area (Å²) in [5, 5.41) is 0. The minimum Gasteiger partial charge on any atom is -0.493 e. The van der Waals surface area contributed by atoms with E-state index < -0.39 is 0 Å². The lowest BCUT2D eigenvalue weighted by atomic mass is 10.1. The minimum atomic E-state index is 0.470. The molecule has 0 bridgehead atoms. The molecule has 0 atom stereocenters. The van der Waals surface area contributed by atoms with Crippen LogP contribution >= 0.6 is 0 Å². The van der Waals surface area contributed by atoms with E-state index in [2.05, 4.69) is 11.1 Å². The number of hydrogen-bond acceptors (Lipinski definition) is 4. The van der Waals surface area contributed by atoms with E-state index in [0.717, 1.165) is 22.4 Å². The summed E-state index contributed by atoms with van der Waals surface area (Å²) in [6.45, 7) is 2.52. The van der Waals surface area contributed by atoms with Gasteiger partial charge in [0.2, 0.25) is 0 Å². The topological polar surface area (TPSA) is 40.6 Å². The highest BCUT2D eigenvalue weighted by molar-refractivity contribution is 5.67. The van der Waals surface area contributed by atoms with Gasteiger partial charge in [0.05, 0.1) is 14.2 Å². The monoisotopic (exact) mass is 335 g/mol. The first-order valence-corrected chi connectivity index (χ1v) is 8.05. The van der Waals surface area contributed by atoms with Crippen molar-refractivity contribution in [1.29, 1.82) is 0 Å². The Labute approximate surface area is 148 Å². The number of aromatic nitrogens is 1. The first-order chi connectivity index (χ1) is 12.2. The predicted octanol–water partition coefficient (Wildman–Crippen LogP) is 4.65. The maximum Gasteiger partial charge on any atom is 0.161 e. The van der Waals surface area contributed by atoms with E-state index in [1.807, 2.05) is 61.8 Å². The van der Waals surface area contributed by atoms with Gasteiger partial charge in [-0.1, -0.05) is 18.2 Å². The summed E-state index contributed by atoms with van der Waals surface area (Å²) in [4.78, 5) is 4.34. The molecule has 1 aromatic heterocycles. The minimum absolute atomic E-state index is 0.470. The highest BCUT2D eigenvalue weighted by Gasteiger charge is 2.07. The van der Waals surface area contributed by atoms with Crippen LogP contribution in [-0.4, -0.2) is 19.2 Å². The Hall–Kier alpha value is -3.01. The Morgan fingerprint density at radius 2 is 1.68 bits per heavy atom. The number of hydrogen-bond donors (Lipinski definition) is 0. The highest BCUT2D eigenvalue weighted by Crippen LogP contribution is 2.32. The third kappa shape index (κ3) is 4.10. The quantitative estimate of drug-likeness (QED) is 0.657. The molecule has 0 aliphatic carbocycles. The van der Waals surface area contributed by atoms with Crippen LogP contribution in [0.1, 0.15) is 11.1 Å². The molecule has 0 N–H and O–H groups in total. The second kappa shape index (κ2) is 7.71. The van der Waals surface area contributed by atoms with Crippen LogP contribution in [0.3, 0.4) is 0 Å². The summed E-state index contributed by atoms with van der Waals surface area (Å²) in [6.07, 6.45) is 3.65. The van der Waals surface area contributed by atoms with Gasteiger partial charge in [0.25, 0.3) is 0 Å². The largest absolute Gasteiger partial charge is 0.493 e. The molecule has 0 saturated carbocycles. The predicted molar refractivity (Wildman–Crippen MR) is 98.3 cm³/mol. The number of rotatable bonds is 6. The Kier molecular flexibility index (Phi) is 5.19. The van der Waals surface area contributed by atoms with Crippen LogP contribution in [0.4, 0.5) is 0 Å². The van der Waals surface area contributed by atoms with Gasteiger partial charge in [-0.3, -0.25) is 4.98 Å². The van der Waals surface area contributed by atoms with Crippen LogP contribution in [0.5, 0.6) is 17.2 Å². The van der Waals surface area contributed by atoms with E-state index in [0.29, 0.717) is 18.1 Å². The second-order valence-electron chi connectivity index (χ2n) is 5.76. The van der Waals surface area contributed by atoms with Gasteiger partial charge < -0.3 is 14.2 Å². The molecule has 0 radical (unpaired) electrons. The van der Waals surface area contributed by atoms with E-state index in [1.165, 1.54) is 5.56 Å². The van der Waals surface area contributed by atoms with Crippen molar-refractivity contribution >= 4 is 0 Å². The van der Waals surface area contributed by atoms with Crippen molar-refractivity contribution in [2.45, 2.75) is 13.5 Å². The van der Waals surface area contributed by atoms with Gasteiger partial charge in [-0.15, -0.1) is 0 Å². The molecule has 4 nitrogen and oxygen atoms in total. The van der Waals surface area contributed by atoms with Crippen LogP contribution in [0.15, 0.2) is 60.9 Å². The van der Waals surface area contributed by atoms with Crippen LogP contribution in [-0.2, 0) is 6.61 Å². The summed E-state index contributed by atoms with van der Waals surface area (Å²) in [5.74, 6) is 2.26. The molecule has 25 heavy (non-hydrogen) atoms. The van der Waals surface area contributed by atoms with Crippen molar-refractivity contribution in [3.8, 4) is 28.4 Å². The van der Waals surface area contributed by atoms with Crippen molar-refractivity contribution in [3.63, 3.8) is 0 Å². The standard InChI is InChI=1S/C21H21NO3/c1-15-5-4-6-19(9-15)25-14-16-10-18(13-22-12-16)17-7-8-20(23-2)21(11-17)24-3/h4-13H,14H2,1-3H3. The van der Waals surface area contributed by atoms with Gasteiger partial charge in [0, 0.05) is 23.5 Å². The molecule has 0 fully saturated rings. The zero-order chi connectivity index (χ0) is 17.6. The van der Waals surface area contributed by atoms with Gasteiger partial charge in [-0.05, 0) is 48.4 Å². The molecule has 4 heteroatoms. The summed E-state index contributed by atoms with van der Waals surface area (Å²) in [5.41, 5.74) is 4.21. The molecule has 3 rings (SSSR count). The lowest BCUT2D eigenvalue weighted by molar-refractivity contribution is 0.305. The number of ether oxygens (including phenoxy) is 3. The third-order valence-corrected chi connectivity index (χ3v) is 3.91. The van der Waals surface area contributed by atoms with Crippen molar-refractivity contribution < 1.29 is 14.2 Å². The van der Waals surface area contributed by atoms with Crippen molar-refractivity contribution in [1.82, 2.24) is 4.98 Å². The molecular weight excluding hydrogens is 314 g/mol. The molecular formula is C21H21NO3. The molecule has 0 aliphatic heterocycles. The van der Waals surface area contributed by atoms with E-state index in [4.69, 9.17) is 14.2 Å². The number of aryl methyl sites for hydroxylation is 1. The zero-order valence-electron chi connectivity index (χ0n) is 14.7. The molecule has 0 unspecified atom stereocenters. The Morgan fingerprint density at radius 3 is 2.44 bits per heavy atom. The lowest BCUT2D eigenvalue weighted by Crippen LogP contribution is -1.97. The third-order valence-electron chi connectivity index (χ3n) is 3.91. The van der Waals surface area contributed by atoms with E-state index >= 15 is 0 Å². The lowest BCUT2D eigenvalue weighted by Gasteiger charge is -2.11. The fraction of sp³-hybridized carbons (Fsp3) is 0.190. The van der Waals surface area contributed by atoms with Gasteiger partial charge in [0.1, 0.15) is 12.4 Å². The molecule has 128 valence electrons. The number of pyridine rings is 1.